The molecular weight excluding hydrogens is 484 g/mol. The minimum Gasteiger partial charge on any atom is -0.387 e. The third-order valence-corrected chi connectivity index (χ3v) is 6.07. The molecule has 1 unspecified atom stereocenters. The normalized spacial score (nSPS) is 23.3. The number of hydrogen-bond acceptors (Lipinski definition) is 9. The largest absolute Gasteiger partial charge is 0.387 e. The van der Waals surface area contributed by atoms with Gasteiger partial charge in [-0.1, -0.05) is 18.2 Å². The highest BCUT2D eigenvalue weighted by Crippen LogP contribution is 2.36. The molecule has 186 valence electrons. The lowest BCUT2D eigenvalue weighted by Crippen LogP contribution is -2.33. The number of fused-ring (bicyclic) bond motifs is 1. The summed E-state index contributed by atoms with van der Waals surface area (Å²) >= 11 is 0. The summed E-state index contributed by atoms with van der Waals surface area (Å²) in [7, 11) is -4.41. The molecule has 1 saturated heterocycles. The quantitative estimate of drug-likeness (QED) is 0.278. The van der Waals surface area contributed by atoms with Crippen LogP contribution in [0.5, 0.6) is 0 Å². The molecule has 0 radical (unpaired) electrons. The van der Waals surface area contributed by atoms with E-state index >= 15 is 0 Å². The van der Waals surface area contributed by atoms with E-state index in [4.69, 9.17) is 19.3 Å². The van der Waals surface area contributed by atoms with E-state index in [0.717, 1.165) is 0 Å². The highest BCUT2D eigenvalue weighted by atomic mass is 31.2. The molecule has 5 N–H and O–H groups in total. The molecule has 1 aromatic carbocycles. The number of ether oxygens (including phenoxy) is 2. The highest BCUT2D eigenvalue weighted by molar-refractivity contribution is 7.51. The Labute approximate surface area is 198 Å². The second kappa shape index (κ2) is 9.96. The molecule has 3 aromatic rings. The number of anilines is 1. The smallest absolute Gasteiger partial charge is 0.350 e. The van der Waals surface area contributed by atoms with Crippen LogP contribution < -0.4 is 5.32 Å². The average molecular weight is 507 g/mol. The molecule has 5 atom stereocenters. The van der Waals surface area contributed by atoms with Gasteiger partial charge in [0.2, 0.25) is 5.82 Å². The van der Waals surface area contributed by atoms with E-state index in [-0.39, 0.29) is 23.9 Å². The summed E-state index contributed by atoms with van der Waals surface area (Å²) in [4.78, 5) is 26.2. The molecule has 14 heteroatoms. The van der Waals surface area contributed by atoms with Crippen molar-refractivity contribution in [2.45, 2.75) is 37.5 Å². The van der Waals surface area contributed by atoms with Crippen LogP contribution >= 0.6 is 7.60 Å². The van der Waals surface area contributed by atoms with Gasteiger partial charge in [-0.25, -0.2) is 14.4 Å². The standard InChI is InChI=1S/C21H23FN5O7P/c1-11(12-4-2-3-5-14(12)22)24-19-13-6-7-27(20(13)26-16(8-23)25-19)21-18(29)17(28)15(34-21)9-33-10-35(30,31)32/h2-7,11,15,17-18,21,28-29H,9-10H2,1H3,(H,24,25,26)(H2,30,31,32)/t11?,15-,17-,18-,21-/m1/s1. The Hall–Kier alpha value is -2.95. The molecule has 0 amide bonds. The number of aliphatic hydroxyl groups excluding tert-OH is 2. The number of nitrogens with zero attached hydrogens (tertiary/aromatic N) is 4. The Bertz CT molecular complexity index is 1310. The van der Waals surface area contributed by atoms with E-state index in [2.05, 4.69) is 15.3 Å². The van der Waals surface area contributed by atoms with Crippen molar-refractivity contribution in [3.8, 4) is 6.07 Å². The lowest BCUT2D eigenvalue weighted by Gasteiger charge is -2.19. The highest BCUT2D eigenvalue weighted by Gasteiger charge is 2.44. The maximum atomic E-state index is 14.2. The third-order valence-electron chi connectivity index (χ3n) is 5.55. The van der Waals surface area contributed by atoms with E-state index in [1.54, 1.807) is 31.2 Å². The predicted molar refractivity (Wildman–Crippen MR) is 119 cm³/mol. The van der Waals surface area contributed by atoms with Crippen LogP contribution in [0.25, 0.3) is 11.0 Å². The molecule has 1 fully saturated rings. The van der Waals surface area contributed by atoms with Gasteiger partial charge >= 0.3 is 7.60 Å². The van der Waals surface area contributed by atoms with Crippen molar-refractivity contribution in [1.29, 1.82) is 5.26 Å². The summed E-state index contributed by atoms with van der Waals surface area (Å²) in [6.07, 6.45) is -4.38. The Kier molecular flexibility index (Phi) is 7.16. The van der Waals surface area contributed by atoms with Crippen molar-refractivity contribution < 1.29 is 38.4 Å². The molecule has 12 nitrogen and oxygen atoms in total. The number of nitriles is 1. The summed E-state index contributed by atoms with van der Waals surface area (Å²) in [5.41, 5.74) is 0.612. The molecule has 1 aliphatic rings. The van der Waals surface area contributed by atoms with Gasteiger partial charge in [0.25, 0.3) is 0 Å². The summed E-state index contributed by atoms with van der Waals surface area (Å²) in [6, 6.07) is 9.22. The van der Waals surface area contributed by atoms with Gasteiger partial charge in [-0.15, -0.1) is 0 Å². The van der Waals surface area contributed by atoms with Crippen LogP contribution in [-0.2, 0) is 14.0 Å². The number of aromatic nitrogens is 3. The van der Waals surface area contributed by atoms with Gasteiger partial charge in [-0.3, -0.25) is 4.57 Å². The van der Waals surface area contributed by atoms with E-state index < -0.39 is 50.3 Å². The van der Waals surface area contributed by atoms with Crippen LogP contribution in [0.15, 0.2) is 36.5 Å². The molecule has 1 aliphatic heterocycles. The maximum absolute atomic E-state index is 14.2. The van der Waals surface area contributed by atoms with Crippen molar-refractivity contribution in [1.82, 2.24) is 14.5 Å². The van der Waals surface area contributed by atoms with Gasteiger partial charge in [0.15, 0.2) is 6.23 Å². The fourth-order valence-corrected chi connectivity index (χ4v) is 4.24. The van der Waals surface area contributed by atoms with Gasteiger partial charge in [-0.2, -0.15) is 5.26 Å². The summed E-state index contributed by atoms with van der Waals surface area (Å²) < 4.78 is 37.2. The molecule has 3 heterocycles. The lowest BCUT2D eigenvalue weighted by molar-refractivity contribution is -0.0610. The van der Waals surface area contributed by atoms with Crippen LogP contribution in [0.3, 0.4) is 0 Å². The molecule has 0 saturated carbocycles. The van der Waals surface area contributed by atoms with Crippen LogP contribution in [0, 0.1) is 17.1 Å². The van der Waals surface area contributed by atoms with E-state index in [0.29, 0.717) is 10.9 Å². The molecule has 0 spiro atoms. The Morgan fingerprint density at radius 2 is 2.03 bits per heavy atom. The Morgan fingerprint density at radius 1 is 1.29 bits per heavy atom. The number of benzene rings is 1. The Balaban J connectivity index is 1.62. The number of rotatable bonds is 8. The number of aliphatic hydroxyl groups is 2. The molecule has 35 heavy (non-hydrogen) atoms. The second-order valence-electron chi connectivity index (χ2n) is 8.07. The first-order valence-electron chi connectivity index (χ1n) is 10.5. The first-order chi connectivity index (χ1) is 16.6. The van der Waals surface area contributed by atoms with E-state index in [1.807, 2.05) is 6.07 Å². The van der Waals surface area contributed by atoms with Crippen molar-refractivity contribution in [3.05, 3.63) is 53.7 Å². The first-order valence-corrected chi connectivity index (χ1v) is 12.3. The minimum absolute atomic E-state index is 0.185. The summed E-state index contributed by atoms with van der Waals surface area (Å²) in [6.45, 7) is 1.36. The Morgan fingerprint density at radius 3 is 2.71 bits per heavy atom. The second-order valence-corrected chi connectivity index (χ2v) is 9.65. The lowest BCUT2D eigenvalue weighted by atomic mass is 10.1. The van der Waals surface area contributed by atoms with E-state index in [1.165, 1.54) is 16.8 Å². The zero-order valence-corrected chi connectivity index (χ0v) is 19.3. The maximum Gasteiger partial charge on any atom is 0.350 e. The topological polar surface area (TPSA) is 183 Å². The third kappa shape index (κ3) is 5.34. The molecular formula is C21H23FN5O7P. The monoisotopic (exact) mass is 507 g/mol. The van der Waals surface area contributed by atoms with Gasteiger partial charge in [-0.05, 0) is 19.1 Å². The number of nitrogens with one attached hydrogen (secondary N) is 1. The van der Waals surface area contributed by atoms with E-state index in [9.17, 15) is 24.4 Å². The first kappa shape index (κ1) is 25.2. The SMILES string of the molecule is CC(Nc1nc(C#N)nc2c1ccn2[C@@H]1O[C@H](COCP(=O)(O)O)[C@@H](O)[C@H]1O)c1ccccc1F. The fourth-order valence-electron chi connectivity index (χ4n) is 3.89. The molecule has 4 rings (SSSR count). The van der Waals surface area contributed by atoms with Crippen LogP contribution in [-0.4, -0.2) is 65.8 Å². The average Bonchev–Trinajstić information content (AvgIpc) is 3.34. The van der Waals surface area contributed by atoms with Crippen molar-refractivity contribution in [2.24, 2.45) is 0 Å². The van der Waals surface area contributed by atoms with Crippen molar-refractivity contribution in [3.63, 3.8) is 0 Å². The molecule has 0 aliphatic carbocycles. The molecule has 0 bridgehead atoms. The summed E-state index contributed by atoms with van der Waals surface area (Å²) in [5.74, 6) is -0.329. The van der Waals surface area contributed by atoms with Gasteiger partial charge in [0, 0.05) is 11.8 Å². The predicted octanol–water partition coefficient (Wildman–Crippen LogP) is 1.39. The fraction of sp³-hybridized carbons (Fsp3) is 0.381. The van der Waals surface area contributed by atoms with Gasteiger partial charge in [0.1, 0.15) is 48.0 Å². The van der Waals surface area contributed by atoms with Gasteiger partial charge < -0.3 is 39.4 Å². The van der Waals surface area contributed by atoms with Crippen LogP contribution in [0.2, 0.25) is 0 Å². The van der Waals surface area contributed by atoms with Crippen molar-refractivity contribution in [2.75, 3.05) is 18.3 Å². The zero-order chi connectivity index (χ0) is 25.3. The number of halogens is 1. The number of hydrogen-bond donors (Lipinski definition) is 5. The van der Waals surface area contributed by atoms with Crippen LogP contribution in [0.4, 0.5) is 10.2 Å². The minimum atomic E-state index is -4.41. The van der Waals surface area contributed by atoms with Crippen LogP contribution in [0.1, 0.15) is 30.6 Å². The zero-order valence-electron chi connectivity index (χ0n) is 18.4. The van der Waals surface area contributed by atoms with Gasteiger partial charge in [0.05, 0.1) is 18.0 Å². The molecule has 2 aromatic heterocycles. The summed E-state index contributed by atoms with van der Waals surface area (Å²) in [5, 5.41) is 33.9. The van der Waals surface area contributed by atoms with Crippen molar-refractivity contribution >= 4 is 24.4 Å².